The number of carbonyl (C=O) groups is 1. The molecule has 1 aromatic heterocycles. The van der Waals surface area contributed by atoms with Crippen LogP contribution in [0, 0.1) is 0 Å². The lowest BCUT2D eigenvalue weighted by atomic mass is 10.1. The summed E-state index contributed by atoms with van der Waals surface area (Å²) in [5.74, 6) is -0.0341. The Balaban J connectivity index is 2.14. The number of hydrogen-bond acceptors (Lipinski definition) is 3. The maximum Gasteiger partial charge on any atom is 0.307 e. The summed E-state index contributed by atoms with van der Waals surface area (Å²) in [5, 5.41) is 1.69. The molecular formula is C13H13NO2S. The Morgan fingerprint density at radius 3 is 2.53 bits per heavy atom. The van der Waals surface area contributed by atoms with Crippen LogP contribution < -0.4 is 4.87 Å². The molecule has 0 bridgehead atoms. The summed E-state index contributed by atoms with van der Waals surface area (Å²) in [6.45, 7) is 2.19. The number of rotatable bonds is 4. The zero-order chi connectivity index (χ0) is 12.3. The maximum absolute atomic E-state index is 11.9. The summed E-state index contributed by atoms with van der Waals surface area (Å²) in [6.07, 6.45) is 2.60. The number of benzene rings is 1. The number of Topliss-reactive ketones (excluding diaryl/α,β-unsaturated/α-hetero) is 1. The average Bonchev–Trinajstić information content (AvgIpc) is 2.75. The highest BCUT2D eigenvalue weighted by Crippen LogP contribution is 2.07. The molecule has 0 fully saturated rings. The van der Waals surface area contributed by atoms with Crippen LogP contribution in [0.5, 0.6) is 0 Å². The Morgan fingerprint density at radius 2 is 2.00 bits per heavy atom. The Labute approximate surface area is 103 Å². The van der Waals surface area contributed by atoms with Gasteiger partial charge in [-0.2, -0.15) is 0 Å². The number of carbonyl (C=O) groups excluding carboxylic acids is 1. The van der Waals surface area contributed by atoms with E-state index in [4.69, 9.17) is 0 Å². The molecule has 0 amide bonds. The van der Waals surface area contributed by atoms with E-state index in [1.807, 2.05) is 24.3 Å². The van der Waals surface area contributed by atoms with E-state index in [1.54, 1.807) is 11.6 Å². The van der Waals surface area contributed by atoms with Gasteiger partial charge in [-0.1, -0.05) is 42.5 Å². The van der Waals surface area contributed by atoms with Gasteiger partial charge in [-0.3, -0.25) is 14.2 Å². The van der Waals surface area contributed by atoms with Crippen molar-refractivity contribution >= 4 is 17.1 Å². The molecule has 1 heterocycles. The van der Waals surface area contributed by atoms with Gasteiger partial charge < -0.3 is 0 Å². The van der Waals surface area contributed by atoms with E-state index in [0.29, 0.717) is 5.56 Å². The summed E-state index contributed by atoms with van der Waals surface area (Å²) in [7, 11) is 0. The molecule has 0 aliphatic heterocycles. The van der Waals surface area contributed by atoms with E-state index in [9.17, 15) is 9.59 Å². The Bertz CT molecular complexity index is 566. The molecule has 0 radical (unpaired) electrons. The monoisotopic (exact) mass is 247 g/mol. The Morgan fingerprint density at radius 1 is 1.29 bits per heavy atom. The highest BCUT2D eigenvalue weighted by atomic mass is 32.1. The lowest BCUT2D eigenvalue weighted by molar-refractivity contribution is 0.0971. The number of aryl methyl sites for hydroxylation is 1. The van der Waals surface area contributed by atoms with Crippen molar-refractivity contribution in [3.63, 3.8) is 0 Å². The lowest BCUT2D eigenvalue weighted by Gasteiger charge is -2.02. The van der Waals surface area contributed by atoms with E-state index >= 15 is 0 Å². The first-order valence-electron chi connectivity index (χ1n) is 5.47. The third kappa shape index (κ3) is 2.71. The van der Waals surface area contributed by atoms with Crippen molar-refractivity contribution < 1.29 is 4.79 Å². The second kappa shape index (κ2) is 5.10. The van der Waals surface area contributed by atoms with Crippen molar-refractivity contribution in [1.82, 2.24) is 4.57 Å². The number of ketones is 1. The molecule has 0 atom stereocenters. The zero-order valence-corrected chi connectivity index (χ0v) is 10.4. The van der Waals surface area contributed by atoms with Gasteiger partial charge >= 0.3 is 4.87 Å². The smallest absolute Gasteiger partial charge is 0.298 e. The van der Waals surface area contributed by atoms with E-state index in [1.165, 1.54) is 10.1 Å². The maximum atomic E-state index is 11.9. The second-order valence-corrected chi connectivity index (χ2v) is 4.63. The molecule has 0 spiro atoms. The van der Waals surface area contributed by atoms with Crippen molar-refractivity contribution in [3.8, 4) is 0 Å². The van der Waals surface area contributed by atoms with Gasteiger partial charge in [-0.25, -0.2) is 0 Å². The minimum atomic E-state index is -0.0940. The van der Waals surface area contributed by atoms with Crippen LogP contribution >= 0.6 is 11.3 Å². The van der Waals surface area contributed by atoms with Crippen LogP contribution in [0.3, 0.4) is 0 Å². The van der Waals surface area contributed by atoms with Gasteiger partial charge in [0.1, 0.15) is 0 Å². The minimum Gasteiger partial charge on any atom is -0.298 e. The van der Waals surface area contributed by atoms with Gasteiger partial charge in [0.15, 0.2) is 5.78 Å². The largest absolute Gasteiger partial charge is 0.307 e. The van der Waals surface area contributed by atoms with Crippen molar-refractivity contribution in [3.05, 3.63) is 56.6 Å². The van der Waals surface area contributed by atoms with Crippen molar-refractivity contribution in [1.29, 1.82) is 0 Å². The molecule has 17 heavy (non-hydrogen) atoms. The van der Waals surface area contributed by atoms with Gasteiger partial charge in [-0.15, -0.1) is 0 Å². The highest BCUT2D eigenvalue weighted by molar-refractivity contribution is 7.07. The molecule has 2 rings (SSSR count). The average molecular weight is 247 g/mol. The van der Waals surface area contributed by atoms with E-state index < -0.39 is 0 Å². The van der Waals surface area contributed by atoms with Crippen LogP contribution in [0.4, 0.5) is 0 Å². The van der Waals surface area contributed by atoms with E-state index in [2.05, 4.69) is 6.92 Å². The molecule has 0 saturated carbocycles. The number of thiazole rings is 1. The molecule has 88 valence electrons. The van der Waals surface area contributed by atoms with Crippen LogP contribution in [0.2, 0.25) is 0 Å². The summed E-state index contributed by atoms with van der Waals surface area (Å²) in [5.41, 5.74) is 1.86. The third-order valence-corrected chi connectivity index (χ3v) is 3.34. The summed E-state index contributed by atoms with van der Waals surface area (Å²) >= 11 is 1.10. The minimum absolute atomic E-state index is 0.0341. The standard InChI is InChI=1S/C13H13NO2S/c1-2-10-3-5-11(6-4-10)12(15)9-14-7-8-17-13(14)16/h3-8H,2,9H2,1H3. The Kier molecular flexibility index (Phi) is 3.54. The van der Waals surface area contributed by atoms with Crippen LogP contribution in [0.25, 0.3) is 0 Å². The van der Waals surface area contributed by atoms with Crippen LogP contribution in [-0.2, 0) is 13.0 Å². The molecule has 0 saturated heterocycles. The normalized spacial score (nSPS) is 10.4. The van der Waals surface area contributed by atoms with Crippen LogP contribution in [0.1, 0.15) is 22.8 Å². The predicted molar refractivity (Wildman–Crippen MR) is 68.7 cm³/mol. The van der Waals surface area contributed by atoms with Crippen molar-refractivity contribution in [2.75, 3.05) is 0 Å². The number of hydrogen-bond donors (Lipinski definition) is 0. The Hall–Kier alpha value is -1.68. The topological polar surface area (TPSA) is 39.1 Å². The van der Waals surface area contributed by atoms with Crippen LogP contribution in [0.15, 0.2) is 40.6 Å². The van der Waals surface area contributed by atoms with Gasteiger partial charge in [0.2, 0.25) is 0 Å². The molecule has 2 aromatic rings. The molecule has 0 aliphatic rings. The fourth-order valence-corrected chi connectivity index (χ4v) is 2.17. The highest BCUT2D eigenvalue weighted by Gasteiger charge is 2.07. The van der Waals surface area contributed by atoms with Gasteiger partial charge in [-0.05, 0) is 12.0 Å². The van der Waals surface area contributed by atoms with Crippen molar-refractivity contribution in [2.45, 2.75) is 19.9 Å². The molecule has 0 unspecified atom stereocenters. The number of aromatic nitrogens is 1. The summed E-state index contributed by atoms with van der Waals surface area (Å²) in [4.78, 5) is 23.1. The second-order valence-electron chi connectivity index (χ2n) is 3.77. The first-order chi connectivity index (χ1) is 8.20. The molecule has 3 nitrogen and oxygen atoms in total. The first-order valence-corrected chi connectivity index (χ1v) is 6.34. The SMILES string of the molecule is CCc1ccc(C(=O)Cn2ccsc2=O)cc1. The van der Waals surface area contributed by atoms with E-state index in [-0.39, 0.29) is 17.2 Å². The summed E-state index contributed by atoms with van der Waals surface area (Å²) < 4.78 is 1.43. The molecule has 0 aliphatic carbocycles. The molecule has 0 N–H and O–H groups in total. The fourth-order valence-electron chi connectivity index (χ4n) is 1.58. The van der Waals surface area contributed by atoms with Gasteiger partial charge in [0.05, 0.1) is 6.54 Å². The molecule has 4 heteroatoms. The molecular weight excluding hydrogens is 234 g/mol. The summed E-state index contributed by atoms with van der Waals surface area (Å²) in [6, 6.07) is 7.53. The predicted octanol–water partition coefficient (Wildman–Crippen LogP) is 2.36. The van der Waals surface area contributed by atoms with Crippen LogP contribution in [-0.4, -0.2) is 10.4 Å². The quantitative estimate of drug-likeness (QED) is 0.778. The zero-order valence-electron chi connectivity index (χ0n) is 9.55. The van der Waals surface area contributed by atoms with Crippen molar-refractivity contribution in [2.24, 2.45) is 0 Å². The number of nitrogens with zero attached hydrogens (tertiary/aromatic N) is 1. The van der Waals surface area contributed by atoms with Gasteiger partial charge in [0.25, 0.3) is 0 Å². The van der Waals surface area contributed by atoms with Gasteiger partial charge in [0, 0.05) is 17.1 Å². The lowest BCUT2D eigenvalue weighted by Crippen LogP contribution is -2.18. The third-order valence-electron chi connectivity index (χ3n) is 2.64. The first kappa shape index (κ1) is 11.8. The fraction of sp³-hybridized carbons (Fsp3) is 0.231. The molecule has 1 aromatic carbocycles. The van der Waals surface area contributed by atoms with E-state index in [0.717, 1.165) is 17.8 Å².